The number of hydrogen-bond donors (Lipinski definition) is 0. The van der Waals surface area contributed by atoms with Crippen molar-refractivity contribution in [2.75, 3.05) is 39.3 Å². The second-order valence-electron chi connectivity index (χ2n) is 31.6. The van der Waals surface area contributed by atoms with Gasteiger partial charge < -0.3 is 57.9 Å². The van der Waals surface area contributed by atoms with Gasteiger partial charge in [-0.25, -0.2) is 29.0 Å². The molecule has 0 unspecified atom stereocenters. The Bertz CT molecular complexity index is 4120. The zero-order valence-corrected chi connectivity index (χ0v) is 86.1. The molecule has 4 heterocycles. The number of nitrogens with zero attached hydrogens (tertiary/aromatic N) is 8. The molecule has 5 aromatic rings. The summed E-state index contributed by atoms with van der Waals surface area (Å²) in [7, 11) is 0. The minimum Gasteiger partial charge on any atom is -0.870 e. The number of carbonyl (C=O) groups is 6. The molecule has 4 fully saturated rings. The maximum Gasteiger partial charge on any atom is 2.00 e. The molecule has 19 nitrogen and oxygen atoms in total. The predicted molar refractivity (Wildman–Crippen MR) is 454 cm³/mol. The molecular formula is C80H91Br10N8NaO11Zn. The van der Waals surface area contributed by atoms with Gasteiger partial charge in [0.1, 0.15) is 34.5 Å². The maximum absolute atomic E-state index is 12.9. The van der Waals surface area contributed by atoms with Crippen LogP contribution < -0.4 is 29.6 Å². The van der Waals surface area contributed by atoms with Crippen LogP contribution in [0.3, 0.4) is 0 Å². The zero-order valence-electron chi connectivity index (χ0n) is 65.3. The second-order valence-corrected chi connectivity index (χ2v) is 39.5. The Balaban J connectivity index is 0.000000457. The van der Waals surface area contributed by atoms with Crippen molar-refractivity contribution in [1.29, 1.82) is 21.0 Å². The summed E-state index contributed by atoms with van der Waals surface area (Å²) >= 11 is 34.9. The van der Waals surface area contributed by atoms with E-state index >= 15 is 0 Å². The van der Waals surface area contributed by atoms with E-state index < -0.39 is 40.0 Å². The predicted octanol–water partition coefficient (Wildman–Crippen LogP) is 19.9. The van der Waals surface area contributed by atoms with Crippen molar-refractivity contribution in [3.05, 3.63) is 176 Å². The smallest absolute Gasteiger partial charge is 0.870 e. The Labute approximate surface area is 773 Å². The van der Waals surface area contributed by atoms with Crippen LogP contribution in [0.2, 0.25) is 0 Å². The largest absolute Gasteiger partial charge is 2.00 e. The first kappa shape index (κ1) is 104. The molecule has 0 radical (unpaired) electrons. The van der Waals surface area contributed by atoms with Crippen LogP contribution in [0.5, 0.6) is 0 Å². The van der Waals surface area contributed by atoms with Crippen molar-refractivity contribution in [2.45, 2.75) is 201 Å². The van der Waals surface area contributed by atoms with Crippen LogP contribution in [-0.2, 0) is 97.2 Å². The number of fused-ring (bicyclic) bond motifs is 3. The number of likely N-dealkylation sites (tertiary alicyclic amines) is 4. The van der Waals surface area contributed by atoms with E-state index in [9.17, 15) is 39.3 Å². The van der Waals surface area contributed by atoms with E-state index in [-0.39, 0.29) is 89.3 Å². The van der Waals surface area contributed by atoms with Crippen molar-refractivity contribution in [1.82, 2.24) is 19.6 Å². The van der Waals surface area contributed by atoms with E-state index in [1.165, 1.54) is 54.3 Å². The summed E-state index contributed by atoms with van der Waals surface area (Å²) in [6.07, 6.45) is 7.55. The number of rotatable bonds is 2. The molecule has 111 heavy (non-hydrogen) atoms. The number of halogens is 10. The monoisotopic (exact) mass is 2220 g/mol. The van der Waals surface area contributed by atoms with Gasteiger partial charge in [-0.15, -0.1) is 0 Å². The molecule has 4 saturated heterocycles. The minimum atomic E-state index is -0.596. The molecule has 31 heteroatoms. The molecule has 6 amide bonds. The molecule has 3 spiro atoms. The molecule has 3 aliphatic carbocycles. The standard InChI is InChI=1S/C19H21N3O2.C17H19Br2NO3.C17H21Br2NO2.C9H15NO3.C8H6Br4.C8H8Br2.2CN.Na.H2O.Zn/c1-18(2,3)24-17(23)22-5-4-19(12-22)8-13-6-15(10-20)16(11-21)7-14(13)9-19;1-16(2,3)23-15(22)20-5-4-17(14(20)21)8-10-6-12(18)13(19)7-11(10)9-17;1-16(2,3)22-15(21)20-5-4-17(10-20)8-11-6-13(18)14(19)7-12(11)9-17;1-9(2,3)13-8(12)10-6-4-5-7(10)11;9-3-5-1-7(11)8(12)2-6(5)4-10;1-5-3-7(9)8(10)4-6(5)2;2*1-2;;;/h6-7H,4-5,8-9,12H2,1-3H3;6-7H,4-5,8-9H2,1-3H3;6-7H,4-5,8-10H2,1-3H3;4-6H2,1-3H3;1-2H,3-4H2;3-4H,1-2H3;;;;1H2;/q;;;;;;2*-1;+1;;+2/p-1. The third-order valence-corrected chi connectivity index (χ3v) is 27.0. The minimum absolute atomic E-state index is 0. The number of imide groups is 2. The van der Waals surface area contributed by atoms with E-state index in [1.54, 1.807) is 25.7 Å². The number of amides is 6. The summed E-state index contributed by atoms with van der Waals surface area (Å²) in [4.78, 5) is 78.3. The second kappa shape index (κ2) is 44.6. The van der Waals surface area contributed by atoms with E-state index in [1.807, 2.05) is 79.3 Å². The molecule has 0 atom stereocenters. The van der Waals surface area contributed by atoms with E-state index in [4.69, 9.17) is 42.6 Å². The van der Waals surface area contributed by atoms with E-state index in [0.717, 1.165) is 116 Å². The van der Waals surface area contributed by atoms with Crippen molar-refractivity contribution >= 4 is 195 Å². The molecule has 12 rings (SSSR count). The number of nitriles is 2. The summed E-state index contributed by atoms with van der Waals surface area (Å²) in [5, 5.41) is 32.7. The van der Waals surface area contributed by atoms with E-state index in [2.05, 4.69) is 234 Å². The van der Waals surface area contributed by atoms with Crippen molar-refractivity contribution < 1.29 is 102 Å². The Morgan fingerprint density at radius 1 is 0.441 bits per heavy atom. The number of ether oxygens (including phenoxy) is 4. The summed E-state index contributed by atoms with van der Waals surface area (Å²) < 4.78 is 30.0. The first-order chi connectivity index (χ1) is 50.2. The van der Waals surface area contributed by atoms with Gasteiger partial charge in [-0.2, -0.15) is 10.5 Å². The van der Waals surface area contributed by atoms with Crippen LogP contribution in [0.4, 0.5) is 19.2 Å². The molecule has 4 aliphatic heterocycles. The van der Waals surface area contributed by atoms with Gasteiger partial charge in [0.15, 0.2) is 0 Å². The summed E-state index contributed by atoms with van der Waals surface area (Å²) in [6, 6.07) is 24.9. The van der Waals surface area contributed by atoms with Crippen molar-refractivity contribution in [3.8, 4) is 12.1 Å². The van der Waals surface area contributed by atoms with Crippen LogP contribution in [0.1, 0.15) is 182 Å². The van der Waals surface area contributed by atoms with Crippen LogP contribution in [0.15, 0.2) is 96.4 Å². The third kappa shape index (κ3) is 29.7. The van der Waals surface area contributed by atoms with Gasteiger partial charge in [0.25, 0.3) is 0 Å². The van der Waals surface area contributed by atoms with Crippen LogP contribution in [-0.4, -0.2) is 123 Å². The summed E-state index contributed by atoms with van der Waals surface area (Å²) in [6.45, 7) is 39.7. The molecule has 1 N–H and O–H groups in total. The Morgan fingerprint density at radius 2 is 0.730 bits per heavy atom. The quantitative estimate of drug-likeness (QED) is 0.0687. The van der Waals surface area contributed by atoms with Gasteiger partial charge in [-0.05, 0) is 416 Å². The average molecular weight is 2230 g/mol. The van der Waals surface area contributed by atoms with Gasteiger partial charge in [0.2, 0.25) is 11.8 Å². The fourth-order valence-corrected chi connectivity index (χ4v) is 17.8. The average Bonchev–Trinajstić information content (AvgIpc) is 1.61. The fourth-order valence-electron chi connectivity index (χ4n) is 13.5. The molecule has 590 valence electrons. The Morgan fingerprint density at radius 3 is 1.03 bits per heavy atom. The molecule has 5 aromatic carbocycles. The van der Waals surface area contributed by atoms with Crippen LogP contribution in [0.25, 0.3) is 0 Å². The number of alkyl halides is 2. The number of benzene rings is 5. The van der Waals surface area contributed by atoms with Gasteiger partial charge >= 0.3 is 73.4 Å². The van der Waals surface area contributed by atoms with Gasteiger partial charge in [0, 0.05) is 92.1 Å². The topological polar surface area (TPSA) is 277 Å². The zero-order chi connectivity index (χ0) is 81.6. The number of aryl methyl sites for hydroxylation is 2. The first-order valence-electron chi connectivity index (χ1n) is 34.6. The molecular weight excluding hydrogens is 2140 g/mol. The van der Waals surface area contributed by atoms with Gasteiger partial charge in [-0.3, -0.25) is 9.59 Å². The molecule has 0 bridgehead atoms. The fraction of sp³-hybridized carbons (Fsp3) is 0.500. The Hall–Kier alpha value is -3.14. The normalized spacial score (nSPS) is 15.9. The van der Waals surface area contributed by atoms with Gasteiger partial charge in [0.05, 0.1) is 16.5 Å². The van der Waals surface area contributed by atoms with Gasteiger partial charge in [-0.1, -0.05) is 31.9 Å². The van der Waals surface area contributed by atoms with Crippen LogP contribution >= 0.6 is 159 Å². The van der Waals surface area contributed by atoms with Crippen LogP contribution in [0, 0.1) is 76.4 Å². The summed E-state index contributed by atoms with van der Waals surface area (Å²) in [5.74, 6) is -0.232. The number of hydrogen-bond acceptors (Lipinski definition) is 15. The number of carbonyl (C=O) groups excluding carboxylic acids is 6. The van der Waals surface area contributed by atoms with Crippen molar-refractivity contribution in [2.24, 2.45) is 16.2 Å². The molecule has 0 aromatic heterocycles. The molecule has 7 aliphatic rings. The third-order valence-electron chi connectivity index (χ3n) is 18.4. The van der Waals surface area contributed by atoms with E-state index in [0.29, 0.717) is 63.0 Å². The SMILES string of the molecule is BrCc1cc(Br)c(Br)cc1CBr.CC(C)(C)OC(=O)N1CCC2(Cc3cc(Br)c(Br)cc3C2)C1.CC(C)(C)OC(=O)N1CCC2(Cc3cc(Br)c(Br)cc3C2)C1=O.CC(C)(C)OC(=O)N1CCC2(Cc3cc(C#N)c(C#N)cc3C2)C1.CC(C)(C)OC(=O)N1CCCC1=O.Cc1cc(Br)c(Br)cc1C.[C-]#N.[C-]#N.[Na+].[OH-].[Zn+2]. The summed E-state index contributed by atoms with van der Waals surface area (Å²) in [5.41, 5.74) is 11.2. The molecule has 0 saturated carbocycles. The maximum atomic E-state index is 12.9. The Kier molecular flexibility index (Phi) is 41.8. The first-order valence-corrected chi connectivity index (χ1v) is 43.2. The van der Waals surface area contributed by atoms with Crippen molar-refractivity contribution in [3.63, 3.8) is 0 Å².